The van der Waals surface area contributed by atoms with Gasteiger partial charge in [-0.05, 0) is 23.6 Å². The first-order valence-corrected chi connectivity index (χ1v) is 6.38. The van der Waals surface area contributed by atoms with Gasteiger partial charge in [-0.1, -0.05) is 48.5 Å². The first-order valence-electron chi connectivity index (χ1n) is 6.38. The first-order chi connectivity index (χ1) is 9.88. The van der Waals surface area contributed by atoms with E-state index in [0.717, 1.165) is 17.7 Å². The quantitative estimate of drug-likeness (QED) is 0.921. The molecule has 2 N–H and O–H groups in total. The second-order valence-electron chi connectivity index (χ2n) is 4.77. The Hall–Kier alpha value is -2.30. The summed E-state index contributed by atoms with van der Waals surface area (Å²) in [5.41, 5.74) is 5.70. The van der Waals surface area contributed by atoms with E-state index in [4.69, 9.17) is 5.73 Å². The Morgan fingerprint density at radius 3 is 2.29 bits per heavy atom. The molecule has 2 nitrogen and oxygen atoms in total. The van der Waals surface area contributed by atoms with Crippen LogP contribution < -0.4 is 5.73 Å². The Morgan fingerprint density at radius 2 is 1.71 bits per heavy atom. The largest absolute Gasteiger partial charge is 0.416 e. The fraction of sp³-hybridized carbons (Fsp3) is 0.188. The molecule has 0 spiro atoms. The van der Waals surface area contributed by atoms with Crippen molar-refractivity contribution in [1.82, 2.24) is 0 Å². The predicted octanol–water partition coefficient (Wildman–Crippen LogP) is 3.52. The summed E-state index contributed by atoms with van der Waals surface area (Å²) < 4.78 is 38.2. The van der Waals surface area contributed by atoms with Crippen molar-refractivity contribution in [2.24, 2.45) is 5.73 Å². The molecule has 0 aliphatic carbocycles. The van der Waals surface area contributed by atoms with Crippen LogP contribution >= 0.6 is 0 Å². The zero-order chi connectivity index (χ0) is 15.5. The van der Waals surface area contributed by atoms with Crippen molar-refractivity contribution in [2.45, 2.75) is 18.5 Å². The van der Waals surface area contributed by atoms with Crippen molar-refractivity contribution in [1.29, 1.82) is 0 Å². The van der Waals surface area contributed by atoms with Crippen LogP contribution in [0.1, 0.15) is 22.6 Å². The maximum atomic E-state index is 12.7. The van der Waals surface area contributed by atoms with Gasteiger partial charge in [-0.3, -0.25) is 4.79 Å². The van der Waals surface area contributed by atoms with Gasteiger partial charge in [0, 0.05) is 0 Å². The van der Waals surface area contributed by atoms with Gasteiger partial charge in [-0.25, -0.2) is 0 Å². The third kappa shape index (κ3) is 3.84. The molecule has 0 saturated carbocycles. The van der Waals surface area contributed by atoms with E-state index in [1.165, 1.54) is 12.1 Å². The van der Waals surface area contributed by atoms with Crippen molar-refractivity contribution in [3.05, 3.63) is 71.3 Å². The molecule has 1 atom stereocenters. The zero-order valence-corrected chi connectivity index (χ0v) is 11.1. The Morgan fingerprint density at radius 1 is 1.05 bits per heavy atom. The number of benzene rings is 2. The molecule has 5 heteroatoms. The fourth-order valence-electron chi connectivity index (χ4n) is 2.16. The fourth-order valence-corrected chi connectivity index (χ4v) is 2.16. The summed E-state index contributed by atoms with van der Waals surface area (Å²) in [6, 6.07) is 13.8. The molecule has 0 aromatic heterocycles. The molecule has 2 aromatic carbocycles. The lowest BCUT2D eigenvalue weighted by Gasteiger charge is -2.16. The van der Waals surface area contributed by atoms with E-state index in [9.17, 15) is 18.0 Å². The third-order valence-electron chi connectivity index (χ3n) is 3.24. The topological polar surface area (TPSA) is 43.1 Å². The van der Waals surface area contributed by atoms with Gasteiger partial charge < -0.3 is 5.73 Å². The lowest BCUT2D eigenvalue weighted by atomic mass is 9.90. The van der Waals surface area contributed by atoms with Crippen molar-refractivity contribution in [3.63, 3.8) is 0 Å². The average molecular weight is 293 g/mol. The highest BCUT2D eigenvalue weighted by Crippen LogP contribution is 2.31. The Kier molecular flexibility index (Phi) is 4.31. The number of primary amides is 1. The van der Waals surface area contributed by atoms with Crippen molar-refractivity contribution >= 4 is 5.91 Å². The monoisotopic (exact) mass is 293 g/mol. The molecule has 0 bridgehead atoms. The summed E-state index contributed by atoms with van der Waals surface area (Å²) >= 11 is 0. The molecule has 2 aromatic rings. The number of nitrogens with two attached hydrogens (primary N) is 1. The molecule has 1 amide bonds. The van der Waals surface area contributed by atoms with E-state index in [2.05, 4.69) is 0 Å². The summed E-state index contributed by atoms with van der Waals surface area (Å²) in [4.78, 5) is 11.6. The number of halogens is 3. The van der Waals surface area contributed by atoms with Gasteiger partial charge in [0.1, 0.15) is 0 Å². The Labute approximate surface area is 120 Å². The molecule has 1 unspecified atom stereocenters. The van der Waals surface area contributed by atoms with Gasteiger partial charge in [-0.15, -0.1) is 0 Å². The lowest BCUT2D eigenvalue weighted by Crippen LogP contribution is -2.23. The average Bonchev–Trinajstić information content (AvgIpc) is 2.45. The van der Waals surface area contributed by atoms with Crippen LogP contribution in [-0.4, -0.2) is 5.91 Å². The molecular formula is C16H14F3NO. The second kappa shape index (κ2) is 5.99. The van der Waals surface area contributed by atoms with Crippen LogP contribution in [0.25, 0.3) is 0 Å². The van der Waals surface area contributed by atoms with E-state index in [-0.39, 0.29) is 12.0 Å². The van der Waals surface area contributed by atoms with E-state index >= 15 is 0 Å². The van der Waals surface area contributed by atoms with E-state index in [1.54, 1.807) is 12.1 Å². The first kappa shape index (κ1) is 15.1. The normalized spacial score (nSPS) is 12.9. The van der Waals surface area contributed by atoms with Crippen molar-refractivity contribution < 1.29 is 18.0 Å². The predicted molar refractivity (Wildman–Crippen MR) is 73.5 cm³/mol. The van der Waals surface area contributed by atoms with E-state index in [0.29, 0.717) is 0 Å². The maximum absolute atomic E-state index is 12.7. The molecule has 2 rings (SSSR count). The maximum Gasteiger partial charge on any atom is 0.416 e. The molecule has 0 aliphatic heterocycles. The Bertz CT molecular complexity index is 623. The molecule has 0 fully saturated rings. The van der Waals surface area contributed by atoms with Crippen molar-refractivity contribution in [3.8, 4) is 0 Å². The lowest BCUT2D eigenvalue weighted by molar-refractivity contribution is -0.137. The van der Waals surface area contributed by atoms with Crippen LogP contribution in [0, 0.1) is 0 Å². The minimum atomic E-state index is -4.44. The van der Waals surface area contributed by atoms with E-state index < -0.39 is 23.6 Å². The van der Waals surface area contributed by atoms with Crippen LogP contribution in [0.5, 0.6) is 0 Å². The van der Waals surface area contributed by atoms with E-state index in [1.807, 2.05) is 18.2 Å². The number of alkyl halides is 3. The summed E-state index contributed by atoms with van der Waals surface area (Å²) in [6.45, 7) is 0. The van der Waals surface area contributed by atoms with Crippen LogP contribution in [0.3, 0.4) is 0 Å². The number of amides is 1. The van der Waals surface area contributed by atoms with Gasteiger partial charge in [-0.2, -0.15) is 13.2 Å². The summed E-state index contributed by atoms with van der Waals surface area (Å²) in [5.74, 6) is -1.42. The molecule has 110 valence electrons. The highest BCUT2D eigenvalue weighted by atomic mass is 19.4. The number of rotatable bonds is 4. The summed E-state index contributed by atoms with van der Waals surface area (Å²) in [6.07, 6.45) is -4.16. The van der Waals surface area contributed by atoms with Gasteiger partial charge in [0.25, 0.3) is 0 Å². The van der Waals surface area contributed by atoms with Crippen molar-refractivity contribution in [2.75, 3.05) is 0 Å². The highest BCUT2D eigenvalue weighted by Gasteiger charge is 2.31. The summed E-state index contributed by atoms with van der Waals surface area (Å²) in [7, 11) is 0. The third-order valence-corrected chi connectivity index (χ3v) is 3.24. The Balaban J connectivity index is 2.33. The minimum absolute atomic E-state index is 0.275. The molecule has 0 heterocycles. The van der Waals surface area contributed by atoms with Gasteiger partial charge >= 0.3 is 6.18 Å². The number of hydrogen-bond donors (Lipinski definition) is 1. The number of carbonyl (C=O) groups excluding carboxylic acids is 1. The second-order valence-corrected chi connectivity index (χ2v) is 4.77. The molecular weight excluding hydrogens is 279 g/mol. The number of hydrogen-bond acceptors (Lipinski definition) is 1. The highest BCUT2D eigenvalue weighted by molar-refractivity contribution is 5.82. The van der Waals surface area contributed by atoms with Gasteiger partial charge in [0.15, 0.2) is 0 Å². The smallest absolute Gasteiger partial charge is 0.369 e. The van der Waals surface area contributed by atoms with Crippen LogP contribution in [0.15, 0.2) is 54.6 Å². The molecule has 0 saturated heterocycles. The molecule has 0 radical (unpaired) electrons. The summed E-state index contributed by atoms with van der Waals surface area (Å²) in [5, 5.41) is 0. The standard InChI is InChI=1S/C16H14F3NO/c17-16(18,19)13-8-4-7-12(10-13)14(15(20)21)9-11-5-2-1-3-6-11/h1-8,10,14H,9H2,(H2,20,21). The SMILES string of the molecule is NC(=O)C(Cc1ccccc1)c1cccc(C(F)(F)F)c1. The van der Waals surface area contributed by atoms with Crippen LogP contribution in [-0.2, 0) is 17.4 Å². The van der Waals surface area contributed by atoms with Gasteiger partial charge in [0.2, 0.25) is 5.91 Å². The van der Waals surface area contributed by atoms with Gasteiger partial charge in [0.05, 0.1) is 11.5 Å². The molecule has 0 aliphatic rings. The minimum Gasteiger partial charge on any atom is -0.369 e. The zero-order valence-electron chi connectivity index (χ0n) is 11.1. The number of carbonyl (C=O) groups is 1. The van der Waals surface area contributed by atoms with Crippen LogP contribution in [0.2, 0.25) is 0 Å². The van der Waals surface area contributed by atoms with Crippen LogP contribution in [0.4, 0.5) is 13.2 Å². The molecule has 21 heavy (non-hydrogen) atoms.